The maximum absolute atomic E-state index is 5.65. The van der Waals surface area contributed by atoms with Gasteiger partial charge in [0.25, 0.3) is 0 Å². The molecular formula is C11H11ClIN3. The third-order valence-corrected chi connectivity index (χ3v) is 3.10. The average Bonchev–Trinajstić information content (AvgIpc) is 2.70. The number of nitrogens with zero attached hydrogens (tertiary/aromatic N) is 3. The number of alkyl halides is 1. The van der Waals surface area contributed by atoms with Gasteiger partial charge in [-0.2, -0.15) is 0 Å². The quantitative estimate of drug-likeness (QED) is 0.629. The third-order valence-electron chi connectivity index (χ3n) is 2.19. The second-order valence-corrected chi connectivity index (χ2v) is 5.10. The molecule has 0 spiro atoms. The van der Waals surface area contributed by atoms with Crippen LogP contribution in [0, 0.1) is 3.57 Å². The van der Waals surface area contributed by atoms with E-state index in [1.165, 1.54) is 9.13 Å². The van der Waals surface area contributed by atoms with Gasteiger partial charge in [-0.05, 0) is 40.3 Å². The zero-order valence-corrected chi connectivity index (χ0v) is 11.5. The van der Waals surface area contributed by atoms with Crippen molar-refractivity contribution in [1.29, 1.82) is 0 Å². The minimum absolute atomic E-state index is 0.586. The molecule has 0 amide bonds. The normalized spacial score (nSPS) is 10.6. The maximum Gasteiger partial charge on any atom is 0.0839 e. The zero-order chi connectivity index (χ0) is 11.4. The van der Waals surface area contributed by atoms with Crippen LogP contribution >= 0.6 is 34.2 Å². The standard InChI is InChI=1S/C11H11ClIN3/c12-6-5-11-8-16(15-14-11)7-9-1-3-10(13)4-2-9/h1-4,8H,5-7H2. The van der Waals surface area contributed by atoms with Crippen molar-refractivity contribution in [3.8, 4) is 0 Å². The Kier molecular flexibility index (Phi) is 4.17. The number of hydrogen-bond acceptors (Lipinski definition) is 2. The molecule has 1 aromatic heterocycles. The minimum atomic E-state index is 0.586. The molecule has 0 radical (unpaired) electrons. The van der Waals surface area contributed by atoms with Crippen molar-refractivity contribution in [1.82, 2.24) is 15.0 Å². The summed E-state index contributed by atoms with van der Waals surface area (Å²) < 4.78 is 3.08. The lowest BCUT2D eigenvalue weighted by molar-refractivity contribution is 0.649. The molecule has 0 saturated heterocycles. The van der Waals surface area contributed by atoms with Crippen molar-refractivity contribution >= 4 is 34.2 Å². The molecule has 0 aliphatic heterocycles. The van der Waals surface area contributed by atoms with Crippen LogP contribution in [0.1, 0.15) is 11.3 Å². The van der Waals surface area contributed by atoms with Gasteiger partial charge in [-0.1, -0.05) is 17.3 Å². The Balaban J connectivity index is 2.05. The van der Waals surface area contributed by atoms with Crippen molar-refractivity contribution in [2.75, 3.05) is 5.88 Å². The van der Waals surface area contributed by atoms with Crippen molar-refractivity contribution in [3.63, 3.8) is 0 Å². The molecule has 5 heteroatoms. The summed E-state index contributed by atoms with van der Waals surface area (Å²) in [5, 5.41) is 8.11. The van der Waals surface area contributed by atoms with Crippen LogP contribution in [0.15, 0.2) is 30.5 Å². The smallest absolute Gasteiger partial charge is 0.0839 e. The van der Waals surface area contributed by atoms with E-state index in [4.69, 9.17) is 11.6 Å². The molecule has 0 bridgehead atoms. The van der Waals surface area contributed by atoms with E-state index in [2.05, 4.69) is 57.2 Å². The van der Waals surface area contributed by atoms with Gasteiger partial charge in [0.1, 0.15) is 0 Å². The van der Waals surface area contributed by atoms with Gasteiger partial charge in [0.2, 0.25) is 0 Å². The summed E-state index contributed by atoms with van der Waals surface area (Å²) in [6.45, 7) is 0.756. The van der Waals surface area contributed by atoms with Gasteiger partial charge in [0, 0.05) is 22.1 Å². The average molecular weight is 348 g/mol. The molecule has 16 heavy (non-hydrogen) atoms. The Morgan fingerprint density at radius 2 is 2.00 bits per heavy atom. The first-order valence-corrected chi connectivity index (χ1v) is 6.58. The summed E-state index contributed by atoms with van der Waals surface area (Å²) in [5.74, 6) is 0.586. The molecule has 0 aliphatic rings. The molecule has 2 aromatic rings. The molecule has 1 heterocycles. The van der Waals surface area contributed by atoms with Crippen molar-refractivity contribution in [2.45, 2.75) is 13.0 Å². The highest BCUT2D eigenvalue weighted by Gasteiger charge is 2.00. The summed E-state index contributed by atoms with van der Waals surface area (Å²) in [6, 6.07) is 8.38. The van der Waals surface area contributed by atoms with Gasteiger partial charge in [0.15, 0.2) is 0 Å². The summed E-state index contributed by atoms with van der Waals surface area (Å²) in [6.07, 6.45) is 2.72. The summed E-state index contributed by atoms with van der Waals surface area (Å²) in [7, 11) is 0. The Bertz CT molecular complexity index is 453. The van der Waals surface area contributed by atoms with E-state index in [9.17, 15) is 0 Å². The highest BCUT2D eigenvalue weighted by molar-refractivity contribution is 14.1. The van der Waals surface area contributed by atoms with Gasteiger partial charge < -0.3 is 0 Å². The van der Waals surface area contributed by atoms with E-state index in [0.717, 1.165) is 18.7 Å². The van der Waals surface area contributed by atoms with Crippen LogP contribution in [-0.2, 0) is 13.0 Å². The molecule has 2 rings (SSSR count). The van der Waals surface area contributed by atoms with E-state index < -0.39 is 0 Å². The highest BCUT2D eigenvalue weighted by Crippen LogP contribution is 2.08. The van der Waals surface area contributed by atoms with E-state index in [1.807, 2.05) is 10.9 Å². The monoisotopic (exact) mass is 347 g/mol. The lowest BCUT2D eigenvalue weighted by atomic mass is 10.2. The molecule has 0 aliphatic carbocycles. The predicted octanol–water partition coefficient (Wildman–Crippen LogP) is 2.71. The molecule has 0 N–H and O–H groups in total. The van der Waals surface area contributed by atoms with Crippen LogP contribution in [-0.4, -0.2) is 20.9 Å². The lowest BCUT2D eigenvalue weighted by Gasteiger charge is -2.00. The first kappa shape index (κ1) is 11.9. The Hall–Kier alpha value is -0.620. The number of rotatable bonds is 4. The van der Waals surface area contributed by atoms with Gasteiger partial charge in [-0.3, -0.25) is 0 Å². The molecular weight excluding hydrogens is 336 g/mol. The van der Waals surface area contributed by atoms with Crippen molar-refractivity contribution < 1.29 is 0 Å². The topological polar surface area (TPSA) is 30.7 Å². The Morgan fingerprint density at radius 3 is 2.69 bits per heavy atom. The second kappa shape index (κ2) is 5.63. The van der Waals surface area contributed by atoms with Crippen molar-refractivity contribution in [2.24, 2.45) is 0 Å². The SMILES string of the molecule is ClCCc1cn(Cc2ccc(I)cc2)nn1. The molecule has 84 valence electrons. The summed E-state index contributed by atoms with van der Waals surface area (Å²) >= 11 is 7.94. The molecule has 0 unspecified atom stereocenters. The Morgan fingerprint density at radius 1 is 1.25 bits per heavy atom. The van der Waals surface area contributed by atoms with Gasteiger partial charge in [-0.15, -0.1) is 16.7 Å². The highest BCUT2D eigenvalue weighted by atomic mass is 127. The number of benzene rings is 1. The van der Waals surface area contributed by atoms with E-state index in [-0.39, 0.29) is 0 Å². The van der Waals surface area contributed by atoms with Crippen LogP contribution in [0.25, 0.3) is 0 Å². The molecule has 0 saturated carbocycles. The zero-order valence-electron chi connectivity index (χ0n) is 8.61. The largest absolute Gasteiger partial charge is 0.248 e. The Labute approximate surface area is 113 Å². The number of halogens is 2. The summed E-state index contributed by atoms with van der Waals surface area (Å²) in [4.78, 5) is 0. The third kappa shape index (κ3) is 3.18. The first-order valence-electron chi connectivity index (χ1n) is 4.97. The van der Waals surface area contributed by atoms with Gasteiger partial charge in [0.05, 0.1) is 12.2 Å². The fraction of sp³-hybridized carbons (Fsp3) is 0.273. The maximum atomic E-state index is 5.65. The predicted molar refractivity (Wildman–Crippen MR) is 72.7 cm³/mol. The van der Waals surface area contributed by atoms with Crippen LogP contribution in [0.5, 0.6) is 0 Å². The van der Waals surface area contributed by atoms with E-state index in [0.29, 0.717) is 5.88 Å². The number of hydrogen-bond donors (Lipinski definition) is 0. The van der Waals surface area contributed by atoms with Crippen LogP contribution in [0.2, 0.25) is 0 Å². The van der Waals surface area contributed by atoms with Gasteiger partial charge in [-0.25, -0.2) is 4.68 Å². The van der Waals surface area contributed by atoms with Crippen LogP contribution < -0.4 is 0 Å². The number of aromatic nitrogens is 3. The molecule has 0 fully saturated rings. The van der Waals surface area contributed by atoms with Gasteiger partial charge >= 0.3 is 0 Å². The molecule has 1 aromatic carbocycles. The van der Waals surface area contributed by atoms with E-state index >= 15 is 0 Å². The van der Waals surface area contributed by atoms with Crippen LogP contribution in [0.3, 0.4) is 0 Å². The van der Waals surface area contributed by atoms with E-state index in [1.54, 1.807) is 0 Å². The van der Waals surface area contributed by atoms with Crippen LogP contribution in [0.4, 0.5) is 0 Å². The van der Waals surface area contributed by atoms with Crippen molar-refractivity contribution in [3.05, 3.63) is 45.3 Å². The number of aryl methyl sites for hydroxylation is 1. The fourth-order valence-electron chi connectivity index (χ4n) is 1.40. The summed E-state index contributed by atoms with van der Waals surface area (Å²) in [5.41, 5.74) is 2.17. The molecule has 0 atom stereocenters. The minimum Gasteiger partial charge on any atom is -0.248 e. The second-order valence-electron chi connectivity index (χ2n) is 3.47. The fourth-order valence-corrected chi connectivity index (χ4v) is 1.96. The first-order chi connectivity index (χ1) is 7.78. The lowest BCUT2D eigenvalue weighted by Crippen LogP contribution is -2.00. The molecule has 3 nitrogen and oxygen atoms in total.